The Kier molecular flexibility index (Phi) is 4.65. The van der Waals surface area contributed by atoms with Crippen molar-refractivity contribution in [3.63, 3.8) is 0 Å². The molecule has 1 aromatic heterocycles. The molecular formula is C21H22N4O. The first kappa shape index (κ1) is 16.7. The molecule has 1 saturated heterocycles. The van der Waals surface area contributed by atoms with Gasteiger partial charge in [0.15, 0.2) is 5.78 Å². The van der Waals surface area contributed by atoms with E-state index in [0.29, 0.717) is 11.6 Å². The van der Waals surface area contributed by atoms with Crippen LogP contribution in [0, 0.1) is 0 Å². The zero-order valence-corrected chi connectivity index (χ0v) is 14.5. The van der Waals surface area contributed by atoms with Crippen molar-refractivity contribution in [2.24, 2.45) is 5.73 Å². The smallest absolute Gasteiger partial charge is 0.176 e. The Morgan fingerprint density at radius 3 is 2.31 bits per heavy atom. The number of aromatic amines is 1. The highest BCUT2D eigenvalue weighted by molar-refractivity contribution is 5.97. The van der Waals surface area contributed by atoms with Crippen molar-refractivity contribution < 1.29 is 4.79 Å². The number of hydrogen-bond acceptors (Lipinski definition) is 4. The number of Topliss-reactive ketones (excluding diaryl/α,β-unsaturated/α-hetero) is 1. The summed E-state index contributed by atoms with van der Waals surface area (Å²) in [5, 5.41) is 3.46. The van der Waals surface area contributed by atoms with Crippen LogP contribution in [0.4, 0.5) is 0 Å². The second kappa shape index (κ2) is 7.23. The summed E-state index contributed by atoms with van der Waals surface area (Å²) in [6.45, 7) is 1.10. The van der Waals surface area contributed by atoms with Gasteiger partial charge in [-0.1, -0.05) is 48.5 Å². The highest BCUT2D eigenvalue weighted by Crippen LogP contribution is 2.26. The van der Waals surface area contributed by atoms with Crippen LogP contribution in [0.3, 0.4) is 0 Å². The third-order valence-corrected chi connectivity index (χ3v) is 4.91. The van der Waals surface area contributed by atoms with E-state index in [-0.39, 0.29) is 12.3 Å². The maximum atomic E-state index is 11.6. The van der Waals surface area contributed by atoms with Crippen molar-refractivity contribution in [1.82, 2.24) is 15.3 Å². The normalized spacial score (nSPS) is 16.7. The monoisotopic (exact) mass is 346 g/mol. The summed E-state index contributed by atoms with van der Waals surface area (Å²) in [7, 11) is 0. The summed E-state index contributed by atoms with van der Waals surface area (Å²) >= 11 is 0. The number of hydrogen-bond donors (Lipinski definition) is 3. The van der Waals surface area contributed by atoms with E-state index in [9.17, 15) is 4.79 Å². The van der Waals surface area contributed by atoms with Crippen LogP contribution in [0.2, 0.25) is 0 Å². The van der Waals surface area contributed by atoms with Gasteiger partial charge in [-0.05, 0) is 36.1 Å². The fourth-order valence-electron chi connectivity index (χ4n) is 3.39. The largest absolute Gasteiger partial charge is 0.341 e. The molecule has 4 rings (SSSR count). The average Bonchev–Trinajstić information content (AvgIpc) is 3.39. The first-order valence-electron chi connectivity index (χ1n) is 8.97. The number of nitrogens with zero attached hydrogens (tertiary/aromatic N) is 1. The lowest BCUT2D eigenvalue weighted by atomic mass is 10.0. The van der Waals surface area contributed by atoms with Crippen molar-refractivity contribution >= 4 is 5.78 Å². The molecule has 3 aromatic rings. The third kappa shape index (κ3) is 3.31. The Hall–Kier alpha value is -2.76. The summed E-state index contributed by atoms with van der Waals surface area (Å²) in [6, 6.07) is 16.3. The molecule has 0 bridgehead atoms. The van der Waals surface area contributed by atoms with Gasteiger partial charge in [0, 0.05) is 5.56 Å². The fraction of sp³-hybridized carbons (Fsp3) is 0.238. The number of ketones is 1. The Bertz CT molecular complexity index is 891. The van der Waals surface area contributed by atoms with Gasteiger partial charge in [0.05, 0.1) is 24.5 Å². The van der Waals surface area contributed by atoms with Crippen LogP contribution in [0.25, 0.3) is 22.4 Å². The molecule has 0 amide bonds. The van der Waals surface area contributed by atoms with Crippen molar-refractivity contribution in [3.8, 4) is 22.4 Å². The van der Waals surface area contributed by atoms with Crippen LogP contribution in [-0.2, 0) is 0 Å². The van der Waals surface area contributed by atoms with Crippen LogP contribution in [0.15, 0.2) is 54.7 Å². The molecule has 1 atom stereocenters. The van der Waals surface area contributed by atoms with Gasteiger partial charge >= 0.3 is 0 Å². The topological polar surface area (TPSA) is 83.8 Å². The zero-order valence-electron chi connectivity index (χ0n) is 14.5. The molecule has 0 aliphatic carbocycles. The van der Waals surface area contributed by atoms with E-state index in [1.807, 2.05) is 30.5 Å². The number of nitrogens with one attached hydrogen (secondary N) is 2. The van der Waals surface area contributed by atoms with E-state index < -0.39 is 0 Å². The lowest BCUT2D eigenvalue weighted by molar-refractivity contribution is 0.100. The second-order valence-electron chi connectivity index (χ2n) is 6.61. The van der Waals surface area contributed by atoms with Gasteiger partial charge in [0.25, 0.3) is 0 Å². The number of rotatable bonds is 5. The van der Waals surface area contributed by atoms with E-state index in [0.717, 1.165) is 41.2 Å². The minimum atomic E-state index is -0.0429. The van der Waals surface area contributed by atoms with Crippen molar-refractivity contribution in [2.45, 2.75) is 18.9 Å². The predicted octanol–water partition coefficient (Wildman–Crippen LogP) is 3.31. The molecule has 0 saturated carbocycles. The average molecular weight is 346 g/mol. The lowest BCUT2D eigenvalue weighted by Gasteiger charge is -2.06. The van der Waals surface area contributed by atoms with Gasteiger partial charge in [-0.15, -0.1) is 0 Å². The minimum absolute atomic E-state index is 0.0383. The Labute approximate surface area is 152 Å². The molecule has 5 heteroatoms. The highest BCUT2D eigenvalue weighted by atomic mass is 16.1. The number of carbonyl (C=O) groups excluding carboxylic acids is 1. The number of aromatic nitrogens is 2. The molecule has 2 heterocycles. The number of H-pyrrole nitrogens is 1. The molecule has 1 fully saturated rings. The highest BCUT2D eigenvalue weighted by Gasteiger charge is 2.19. The molecule has 26 heavy (non-hydrogen) atoms. The van der Waals surface area contributed by atoms with Crippen LogP contribution >= 0.6 is 0 Å². The molecule has 1 unspecified atom stereocenters. The zero-order chi connectivity index (χ0) is 17.9. The number of benzene rings is 2. The van der Waals surface area contributed by atoms with Crippen molar-refractivity contribution in [2.75, 3.05) is 13.1 Å². The van der Waals surface area contributed by atoms with Crippen LogP contribution in [-0.4, -0.2) is 28.8 Å². The lowest BCUT2D eigenvalue weighted by Crippen LogP contribution is -2.14. The number of nitrogens with two attached hydrogens (primary N) is 1. The van der Waals surface area contributed by atoms with Gasteiger partial charge in [-0.2, -0.15) is 0 Å². The van der Waals surface area contributed by atoms with Crippen LogP contribution in [0.5, 0.6) is 0 Å². The van der Waals surface area contributed by atoms with Gasteiger partial charge < -0.3 is 16.0 Å². The van der Waals surface area contributed by atoms with E-state index in [1.54, 1.807) is 0 Å². The minimum Gasteiger partial charge on any atom is -0.341 e. The fourth-order valence-corrected chi connectivity index (χ4v) is 3.39. The predicted molar refractivity (Wildman–Crippen MR) is 103 cm³/mol. The summed E-state index contributed by atoms with van der Waals surface area (Å²) in [4.78, 5) is 19.6. The maximum Gasteiger partial charge on any atom is 0.176 e. The molecule has 1 aliphatic heterocycles. The molecular weight excluding hydrogens is 324 g/mol. The Morgan fingerprint density at radius 1 is 1.04 bits per heavy atom. The summed E-state index contributed by atoms with van der Waals surface area (Å²) < 4.78 is 0. The van der Waals surface area contributed by atoms with Gasteiger partial charge in [-0.25, -0.2) is 4.98 Å². The van der Waals surface area contributed by atoms with Gasteiger partial charge in [0.2, 0.25) is 0 Å². The Balaban J connectivity index is 1.52. The SMILES string of the molecule is NCC(=O)c1ccc(-c2ccc(-c3cnc(C4CCCN4)[nH]3)cc2)cc1. The summed E-state index contributed by atoms with van der Waals surface area (Å²) in [5.74, 6) is 0.973. The Morgan fingerprint density at radius 2 is 1.69 bits per heavy atom. The van der Waals surface area contributed by atoms with Crippen LogP contribution < -0.4 is 11.1 Å². The summed E-state index contributed by atoms with van der Waals surface area (Å²) in [6.07, 6.45) is 4.23. The number of carbonyl (C=O) groups is 1. The van der Waals surface area contributed by atoms with E-state index >= 15 is 0 Å². The van der Waals surface area contributed by atoms with E-state index in [2.05, 4.69) is 39.6 Å². The first-order valence-corrected chi connectivity index (χ1v) is 8.97. The molecule has 5 nitrogen and oxygen atoms in total. The van der Waals surface area contributed by atoms with E-state index in [1.165, 1.54) is 6.42 Å². The van der Waals surface area contributed by atoms with Gasteiger partial charge in [-0.3, -0.25) is 4.79 Å². The second-order valence-corrected chi connectivity index (χ2v) is 6.61. The molecule has 4 N–H and O–H groups in total. The molecule has 2 aromatic carbocycles. The van der Waals surface area contributed by atoms with Crippen LogP contribution in [0.1, 0.15) is 35.1 Å². The molecule has 132 valence electrons. The van der Waals surface area contributed by atoms with Crippen molar-refractivity contribution in [1.29, 1.82) is 0 Å². The molecule has 1 aliphatic rings. The maximum absolute atomic E-state index is 11.6. The quantitative estimate of drug-likeness (QED) is 0.619. The summed E-state index contributed by atoms with van der Waals surface area (Å²) in [5.41, 5.74) is 10.4. The van der Waals surface area contributed by atoms with E-state index in [4.69, 9.17) is 5.73 Å². The molecule has 0 radical (unpaired) electrons. The number of imidazole rings is 1. The third-order valence-electron chi connectivity index (χ3n) is 4.91. The van der Waals surface area contributed by atoms with Crippen molar-refractivity contribution in [3.05, 3.63) is 66.1 Å². The standard InChI is InChI=1S/C21H22N4O/c22-12-20(26)17-9-5-15(6-10-17)14-3-7-16(8-4-14)19-13-24-21(25-19)18-2-1-11-23-18/h3-10,13,18,23H,1-2,11-12,22H2,(H,24,25). The first-order chi connectivity index (χ1) is 12.7. The molecule has 0 spiro atoms. The van der Waals surface area contributed by atoms with Gasteiger partial charge in [0.1, 0.15) is 5.82 Å².